The first-order valence-corrected chi connectivity index (χ1v) is 10.1. The number of H-pyrrole nitrogens is 1. The molecule has 1 amide bonds. The molecular formula is C20H27N7O4. The number of fused-ring (bicyclic) bond motifs is 1. The van der Waals surface area contributed by atoms with Gasteiger partial charge in [-0.05, 0) is 56.0 Å². The molecular weight excluding hydrogens is 402 g/mol. The second-order valence-electron chi connectivity index (χ2n) is 7.48. The van der Waals surface area contributed by atoms with Crippen LogP contribution in [-0.4, -0.2) is 52.6 Å². The molecule has 9 N–H and O–H groups in total. The maximum atomic E-state index is 12.3. The van der Waals surface area contributed by atoms with E-state index < -0.39 is 17.9 Å². The fraction of sp³-hybridized carbons (Fsp3) is 0.400. The lowest BCUT2D eigenvalue weighted by atomic mass is 9.96. The molecule has 1 aliphatic heterocycles. The van der Waals surface area contributed by atoms with Gasteiger partial charge in [0.2, 0.25) is 5.95 Å². The largest absolute Gasteiger partial charge is 0.480 e. The zero-order valence-corrected chi connectivity index (χ0v) is 17.0. The molecule has 11 nitrogen and oxygen atoms in total. The summed E-state index contributed by atoms with van der Waals surface area (Å²) in [5.74, 6) is -0.750. The van der Waals surface area contributed by atoms with Gasteiger partial charge in [-0.25, -0.2) is 4.79 Å². The van der Waals surface area contributed by atoms with Gasteiger partial charge in [-0.15, -0.1) is 0 Å². The summed E-state index contributed by atoms with van der Waals surface area (Å²) in [5.41, 5.74) is 12.5. The Morgan fingerprint density at radius 1 is 1.29 bits per heavy atom. The monoisotopic (exact) mass is 429 g/mol. The van der Waals surface area contributed by atoms with Crippen molar-refractivity contribution in [3.05, 3.63) is 45.7 Å². The quantitative estimate of drug-likeness (QED) is 0.287. The molecule has 1 aromatic carbocycles. The van der Waals surface area contributed by atoms with E-state index in [0.29, 0.717) is 49.4 Å². The lowest BCUT2D eigenvalue weighted by Gasteiger charge is -2.25. The molecule has 0 saturated heterocycles. The molecule has 0 saturated carbocycles. The van der Waals surface area contributed by atoms with E-state index in [9.17, 15) is 19.5 Å². The first-order valence-electron chi connectivity index (χ1n) is 10.1. The van der Waals surface area contributed by atoms with E-state index in [1.807, 2.05) is 0 Å². The third-order valence-corrected chi connectivity index (χ3v) is 5.13. The first-order chi connectivity index (χ1) is 14.9. The molecule has 11 heteroatoms. The molecule has 0 spiro atoms. The van der Waals surface area contributed by atoms with E-state index in [0.717, 1.165) is 5.69 Å². The molecule has 0 radical (unpaired) electrons. The number of nitrogens with two attached hydrogens (primary N) is 2. The molecule has 2 atom stereocenters. The Morgan fingerprint density at radius 3 is 2.71 bits per heavy atom. The van der Waals surface area contributed by atoms with E-state index >= 15 is 0 Å². The predicted octanol–water partition coefficient (Wildman–Crippen LogP) is -0.0297. The van der Waals surface area contributed by atoms with Gasteiger partial charge in [0.05, 0.1) is 5.56 Å². The predicted molar refractivity (Wildman–Crippen MR) is 117 cm³/mol. The average molecular weight is 429 g/mol. The van der Waals surface area contributed by atoms with Gasteiger partial charge < -0.3 is 32.5 Å². The minimum Gasteiger partial charge on any atom is -0.480 e. The van der Waals surface area contributed by atoms with Crippen molar-refractivity contribution in [1.82, 2.24) is 15.3 Å². The number of carbonyl (C=O) groups excluding carboxylic acids is 1. The summed E-state index contributed by atoms with van der Waals surface area (Å²) in [6.07, 6.45) is 1.36. The Labute approximate surface area is 178 Å². The number of hydrogen-bond donors (Lipinski definition) is 7. The van der Waals surface area contributed by atoms with Crippen LogP contribution >= 0.6 is 0 Å². The third-order valence-electron chi connectivity index (χ3n) is 5.13. The van der Waals surface area contributed by atoms with Gasteiger partial charge in [0.15, 0.2) is 0 Å². The van der Waals surface area contributed by atoms with Crippen molar-refractivity contribution in [2.75, 3.05) is 36.0 Å². The number of aromatic amines is 1. The summed E-state index contributed by atoms with van der Waals surface area (Å²) in [6, 6.07) is 5.80. The fourth-order valence-corrected chi connectivity index (χ4v) is 3.42. The van der Waals surface area contributed by atoms with Gasteiger partial charge in [-0.1, -0.05) is 0 Å². The lowest BCUT2D eigenvalue weighted by Crippen LogP contribution is -2.41. The number of carboxylic acids is 1. The fourth-order valence-electron chi connectivity index (χ4n) is 3.42. The molecule has 1 aliphatic rings. The van der Waals surface area contributed by atoms with Crippen molar-refractivity contribution >= 4 is 29.3 Å². The number of benzene rings is 1. The van der Waals surface area contributed by atoms with E-state index in [2.05, 4.69) is 25.9 Å². The number of amides is 1. The highest BCUT2D eigenvalue weighted by Crippen LogP contribution is 2.20. The second-order valence-corrected chi connectivity index (χ2v) is 7.48. The molecule has 0 aliphatic carbocycles. The third kappa shape index (κ3) is 5.72. The molecule has 0 fully saturated rings. The first kappa shape index (κ1) is 22.1. The lowest BCUT2D eigenvalue weighted by molar-refractivity contribution is -0.139. The van der Waals surface area contributed by atoms with Crippen molar-refractivity contribution in [2.45, 2.75) is 25.3 Å². The van der Waals surface area contributed by atoms with Gasteiger partial charge >= 0.3 is 5.97 Å². The number of anilines is 3. The molecule has 1 unspecified atom stereocenters. The maximum Gasteiger partial charge on any atom is 0.326 e. The zero-order valence-electron chi connectivity index (χ0n) is 17.0. The molecule has 3 rings (SSSR count). The van der Waals surface area contributed by atoms with E-state index in [1.165, 1.54) is 0 Å². The molecule has 0 bridgehead atoms. The SMILES string of the molecule is NCCCC(NC(=O)c1ccc(NC[C@@H]2CNc3nc(N)[nH]c(=O)c3C2)cc1)C(=O)O. The highest BCUT2D eigenvalue weighted by molar-refractivity contribution is 5.96. The normalized spacial score (nSPS) is 16.0. The van der Waals surface area contributed by atoms with E-state index in [1.54, 1.807) is 24.3 Å². The smallest absolute Gasteiger partial charge is 0.326 e. The topological polar surface area (TPSA) is 188 Å². The second kappa shape index (κ2) is 9.94. The van der Waals surface area contributed by atoms with Crippen LogP contribution in [0.3, 0.4) is 0 Å². The number of carboxylic acid groups (broad SMARTS) is 1. The summed E-state index contributed by atoms with van der Waals surface area (Å²) in [7, 11) is 0. The highest BCUT2D eigenvalue weighted by Gasteiger charge is 2.23. The highest BCUT2D eigenvalue weighted by atomic mass is 16.4. The van der Waals surface area contributed by atoms with Crippen LogP contribution in [-0.2, 0) is 11.2 Å². The van der Waals surface area contributed by atoms with Crippen molar-refractivity contribution in [3.63, 3.8) is 0 Å². The molecule has 1 aromatic heterocycles. The van der Waals surface area contributed by atoms with Crippen LogP contribution in [0.25, 0.3) is 0 Å². The maximum absolute atomic E-state index is 12.3. The standard InChI is InChI=1S/C20H27N7O4/c21-7-1-2-15(19(30)31)25-17(28)12-3-5-13(6-4-12)23-9-11-8-14-16(24-10-11)26-20(22)27-18(14)29/h3-6,11,15,23H,1-2,7-10,21H2,(H,25,28)(H,30,31)(H4,22,24,26,27,29)/t11-,15?/m1/s1. The number of carbonyl (C=O) groups is 2. The van der Waals surface area contributed by atoms with Crippen LogP contribution in [0.4, 0.5) is 17.5 Å². The van der Waals surface area contributed by atoms with Crippen molar-refractivity contribution in [1.29, 1.82) is 0 Å². The molecule has 31 heavy (non-hydrogen) atoms. The van der Waals surface area contributed by atoms with Crippen LogP contribution < -0.4 is 33.0 Å². The number of aromatic nitrogens is 2. The minimum absolute atomic E-state index is 0.0889. The van der Waals surface area contributed by atoms with Crippen molar-refractivity contribution in [3.8, 4) is 0 Å². The number of nitrogens with one attached hydrogen (secondary N) is 4. The van der Waals surface area contributed by atoms with E-state index in [-0.39, 0.29) is 23.8 Å². The number of aliphatic carboxylic acids is 1. The minimum atomic E-state index is -1.08. The van der Waals surface area contributed by atoms with E-state index in [4.69, 9.17) is 11.5 Å². The van der Waals surface area contributed by atoms with Gasteiger partial charge in [0.25, 0.3) is 11.5 Å². The van der Waals surface area contributed by atoms with Crippen LogP contribution in [0, 0.1) is 5.92 Å². The Bertz CT molecular complexity index is 990. The van der Waals surface area contributed by atoms with Crippen LogP contribution in [0.1, 0.15) is 28.8 Å². The summed E-state index contributed by atoms with van der Waals surface area (Å²) < 4.78 is 0. The number of hydrogen-bond acceptors (Lipinski definition) is 8. The Kier molecular flexibility index (Phi) is 7.08. The van der Waals surface area contributed by atoms with Crippen molar-refractivity contribution < 1.29 is 14.7 Å². The molecule has 2 heterocycles. The van der Waals surface area contributed by atoms with Gasteiger partial charge in [-0.3, -0.25) is 14.6 Å². The zero-order chi connectivity index (χ0) is 22.4. The summed E-state index contributed by atoms with van der Waals surface area (Å²) in [4.78, 5) is 42.3. The number of rotatable bonds is 9. The van der Waals surface area contributed by atoms with Gasteiger partial charge in [-0.2, -0.15) is 4.98 Å². The Morgan fingerprint density at radius 2 is 2.03 bits per heavy atom. The molecule has 166 valence electrons. The Hall–Kier alpha value is -3.60. The van der Waals surface area contributed by atoms with Gasteiger partial charge in [0, 0.05) is 24.3 Å². The van der Waals surface area contributed by atoms with Crippen molar-refractivity contribution in [2.24, 2.45) is 11.7 Å². The van der Waals surface area contributed by atoms with Crippen LogP contribution in [0.15, 0.2) is 29.1 Å². The Balaban J connectivity index is 1.54. The number of nitrogen functional groups attached to an aromatic ring is 1. The average Bonchev–Trinajstić information content (AvgIpc) is 2.75. The molecule has 2 aromatic rings. The van der Waals surface area contributed by atoms with Gasteiger partial charge in [0.1, 0.15) is 11.9 Å². The summed E-state index contributed by atoms with van der Waals surface area (Å²) in [5, 5.41) is 18.2. The van der Waals surface area contributed by atoms with Crippen LogP contribution in [0.2, 0.25) is 0 Å². The number of nitrogens with zero attached hydrogens (tertiary/aromatic N) is 1. The summed E-state index contributed by atoms with van der Waals surface area (Å²) in [6.45, 7) is 1.62. The summed E-state index contributed by atoms with van der Waals surface area (Å²) >= 11 is 0. The van der Waals surface area contributed by atoms with Crippen LogP contribution in [0.5, 0.6) is 0 Å².